The topological polar surface area (TPSA) is 61.9 Å². The normalized spacial score (nSPS) is 18.8. The van der Waals surface area contributed by atoms with Crippen LogP contribution < -0.4 is 10.2 Å². The molecule has 0 bridgehead atoms. The molecular formula is C24H30ClN3O3S. The first-order chi connectivity index (χ1) is 15.5. The Balaban J connectivity index is 1.39. The third kappa shape index (κ3) is 5.11. The molecule has 32 heavy (non-hydrogen) atoms. The summed E-state index contributed by atoms with van der Waals surface area (Å²) in [7, 11) is 0. The van der Waals surface area contributed by atoms with Crippen LogP contribution in [0.1, 0.15) is 41.1 Å². The van der Waals surface area contributed by atoms with Gasteiger partial charge in [0.05, 0.1) is 29.4 Å². The fraction of sp³-hybridized carbons (Fsp3) is 0.500. The first kappa shape index (κ1) is 23.1. The summed E-state index contributed by atoms with van der Waals surface area (Å²) in [6.07, 6.45) is 2.87. The van der Waals surface area contributed by atoms with E-state index in [-0.39, 0.29) is 11.9 Å². The van der Waals surface area contributed by atoms with E-state index in [1.165, 1.54) is 16.2 Å². The third-order valence-corrected chi connectivity index (χ3v) is 7.67. The smallest absolute Gasteiger partial charge is 0.341 e. The van der Waals surface area contributed by atoms with Crippen LogP contribution in [-0.2, 0) is 22.4 Å². The molecule has 1 atom stereocenters. The molecule has 1 aromatic carbocycles. The van der Waals surface area contributed by atoms with Crippen molar-refractivity contribution in [2.75, 3.05) is 49.5 Å². The van der Waals surface area contributed by atoms with Crippen LogP contribution in [0.5, 0.6) is 0 Å². The summed E-state index contributed by atoms with van der Waals surface area (Å²) in [5.41, 5.74) is 2.67. The molecule has 1 aromatic heterocycles. The van der Waals surface area contributed by atoms with E-state index in [0.717, 1.165) is 61.7 Å². The number of hydrogen-bond acceptors (Lipinski definition) is 6. The van der Waals surface area contributed by atoms with Crippen molar-refractivity contribution in [2.24, 2.45) is 5.92 Å². The summed E-state index contributed by atoms with van der Waals surface area (Å²) >= 11 is 7.86. The lowest BCUT2D eigenvalue weighted by atomic mass is 9.88. The minimum Gasteiger partial charge on any atom is -0.462 e. The number of para-hydroxylation sites is 1. The zero-order chi connectivity index (χ0) is 22.7. The molecule has 4 rings (SSSR count). The van der Waals surface area contributed by atoms with E-state index in [1.54, 1.807) is 6.92 Å². The number of benzene rings is 1. The molecule has 0 spiro atoms. The van der Waals surface area contributed by atoms with Crippen LogP contribution in [-0.4, -0.2) is 56.1 Å². The predicted molar refractivity (Wildman–Crippen MR) is 130 cm³/mol. The zero-order valence-corrected chi connectivity index (χ0v) is 20.2. The molecule has 1 amide bonds. The number of carbonyl (C=O) groups is 2. The number of ether oxygens (including phenoxy) is 1. The number of anilines is 2. The molecule has 8 heteroatoms. The van der Waals surface area contributed by atoms with Crippen molar-refractivity contribution in [2.45, 2.75) is 33.1 Å². The monoisotopic (exact) mass is 475 g/mol. The fourth-order valence-electron chi connectivity index (χ4n) is 4.48. The molecule has 2 aliphatic rings. The molecule has 1 N–H and O–H groups in total. The van der Waals surface area contributed by atoms with Crippen LogP contribution in [0.2, 0.25) is 5.02 Å². The highest BCUT2D eigenvalue weighted by Gasteiger charge is 2.29. The van der Waals surface area contributed by atoms with Gasteiger partial charge in [0.1, 0.15) is 5.00 Å². The average Bonchev–Trinajstić information content (AvgIpc) is 3.11. The second-order valence-corrected chi connectivity index (χ2v) is 10.1. The van der Waals surface area contributed by atoms with E-state index >= 15 is 0 Å². The van der Waals surface area contributed by atoms with Crippen molar-refractivity contribution in [3.63, 3.8) is 0 Å². The van der Waals surface area contributed by atoms with Gasteiger partial charge in [0.2, 0.25) is 5.91 Å². The summed E-state index contributed by atoms with van der Waals surface area (Å²) in [4.78, 5) is 31.1. The Hall–Kier alpha value is -2.09. The van der Waals surface area contributed by atoms with Crippen molar-refractivity contribution in [3.05, 3.63) is 45.3 Å². The van der Waals surface area contributed by atoms with Crippen molar-refractivity contribution >= 4 is 45.5 Å². The lowest BCUT2D eigenvalue weighted by Crippen LogP contribution is -2.48. The second-order valence-electron chi connectivity index (χ2n) is 8.54. The van der Waals surface area contributed by atoms with Gasteiger partial charge in [0.15, 0.2) is 0 Å². The molecule has 6 nitrogen and oxygen atoms in total. The number of rotatable bonds is 6. The Kier molecular flexibility index (Phi) is 7.38. The van der Waals surface area contributed by atoms with Gasteiger partial charge in [0, 0.05) is 31.1 Å². The van der Waals surface area contributed by atoms with Gasteiger partial charge in [-0.2, -0.15) is 0 Å². The summed E-state index contributed by atoms with van der Waals surface area (Å²) in [6, 6.07) is 7.85. The van der Waals surface area contributed by atoms with Crippen molar-refractivity contribution in [1.29, 1.82) is 0 Å². The maximum absolute atomic E-state index is 12.9. The van der Waals surface area contributed by atoms with E-state index in [4.69, 9.17) is 16.3 Å². The van der Waals surface area contributed by atoms with Gasteiger partial charge in [-0.3, -0.25) is 9.69 Å². The van der Waals surface area contributed by atoms with Crippen LogP contribution in [0.25, 0.3) is 0 Å². The molecule has 1 fully saturated rings. The van der Waals surface area contributed by atoms with Gasteiger partial charge >= 0.3 is 5.97 Å². The zero-order valence-electron chi connectivity index (χ0n) is 18.7. The lowest BCUT2D eigenvalue weighted by Gasteiger charge is -2.36. The van der Waals surface area contributed by atoms with E-state index in [2.05, 4.69) is 22.0 Å². The van der Waals surface area contributed by atoms with Gasteiger partial charge in [-0.15, -0.1) is 11.3 Å². The molecule has 2 aromatic rings. The number of nitrogens with one attached hydrogen (secondary N) is 1. The highest BCUT2D eigenvalue weighted by atomic mass is 35.5. The van der Waals surface area contributed by atoms with E-state index in [9.17, 15) is 9.59 Å². The van der Waals surface area contributed by atoms with Crippen LogP contribution in [0.3, 0.4) is 0 Å². The van der Waals surface area contributed by atoms with Crippen LogP contribution >= 0.6 is 22.9 Å². The maximum atomic E-state index is 12.9. The molecule has 1 aliphatic heterocycles. The Morgan fingerprint density at radius 2 is 1.97 bits per heavy atom. The van der Waals surface area contributed by atoms with Crippen molar-refractivity contribution < 1.29 is 14.3 Å². The molecule has 1 saturated heterocycles. The van der Waals surface area contributed by atoms with Crippen molar-refractivity contribution in [1.82, 2.24) is 4.90 Å². The first-order valence-electron chi connectivity index (χ1n) is 11.3. The summed E-state index contributed by atoms with van der Waals surface area (Å²) in [6.45, 7) is 7.85. The molecule has 0 unspecified atom stereocenters. The minimum absolute atomic E-state index is 0.0895. The van der Waals surface area contributed by atoms with E-state index in [1.807, 2.05) is 24.3 Å². The highest BCUT2D eigenvalue weighted by Crippen LogP contribution is 2.40. The molecular weight excluding hydrogens is 446 g/mol. The Morgan fingerprint density at radius 3 is 2.69 bits per heavy atom. The number of amides is 1. The quantitative estimate of drug-likeness (QED) is 0.625. The summed E-state index contributed by atoms with van der Waals surface area (Å²) in [5, 5.41) is 4.42. The Labute approximate surface area is 198 Å². The maximum Gasteiger partial charge on any atom is 0.341 e. The molecule has 2 heterocycles. The number of carbonyl (C=O) groups excluding carboxylic acids is 2. The summed E-state index contributed by atoms with van der Waals surface area (Å²) in [5.74, 6) is 0.172. The van der Waals surface area contributed by atoms with Crippen LogP contribution in [0, 0.1) is 5.92 Å². The predicted octanol–water partition coefficient (Wildman–Crippen LogP) is 4.46. The van der Waals surface area contributed by atoms with Crippen LogP contribution in [0.15, 0.2) is 24.3 Å². The Morgan fingerprint density at radius 1 is 1.22 bits per heavy atom. The SMILES string of the molecule is CCOC(=O)c1c(NC(=O)CN2CCN(c3ccccc3Cl)CC2)sc2c1CC[C@H](C)C2. The average molecular weight is 476 g/mol. The minimum atomic E-state index is -0.330. The van der Waals surface area contributed by atoms with E-state index < -0.39 is 0 Å². The number of hydrogen-bond donors (Lipinski definition) is 1. The van der Waals surface area contributed by atoms with Gasteiger partial charge in [-0.1, -0.05) is 30.7 Å². The number of fused-ring (bicyclic) bond motifs is 1. The first-order valence-corrected chi connectivity index (χ1v) is 12.5. The fourth-order valence-corrected chi connectivity index (χ4v) is 6.15. The standard InChI is InChI=1S/C24H30ClN3O3S/c1-3-31-24(30)22-17-9-8-16(2)14-20(17)32-23(22)26-21(29)15-27-10-12-28(13-11-27)19-7-5-4-6-18(19)25/h4-7,16H,3,8-15H2,1-2H3,(H,26,29)/t16-/m0/s1. The van der Waals surface area contributed by atoms with Gasteiger partial charge in [0.25, 0.3) is 0 Å². The molecule has 172 valence electrons. The third-order valence-electron chi connectivity index (χ3n) is 6.18. The number of thiophene rings is 1. The molecule has 0 radical (unpaired) electrons. The van der Waals surface area contributed by atoms with Gasteiger partial charge in [-0.25, -0.2) is 4.79 Å². The molecule has 0 saturated carbocycles. The van der Waals surface area contributed by atoms with E-state index in [0.29, 0.717) is 29.6 Å². The molecule has 1 aliphatic carbocycles. The summed E-state index contributed by atoms with van der Waals surface area (Å²) < 4.78 is 5.30. The van der Waals surface area contributed by atoms with Crippen LogP contribution in [0.4, 0.5) is 10.7 Å². The number of nitrogens with zero attached hydrogens (tertiary/aromatic N) is 2. The van der Waals surface area contributed by atoms with Crippen molar-refractivity contribution in [3.8, 4) is 0 Å². The van der Waals surface area contributed by atoms with Gasteiger partial charge < -0.3 is 15.0 Å². The largest absolute Gasteiger partial charge is 0.462 e. The number of piperazine rings is 1. The van der Waals surface area contributed by atoms with Gasteiger partial charge in [-0.05, 0) is 49.8 Å². The highest BCUT2D eigenvalue weighted by molar-refractivity contribution is 7.17. The number of esters is 1. The Bertz CT molecular complexity index is 985. The second kappa shape index (κ2) is 10.2. The number of halogens is 1. The lowest BCUT2D eigenvalue weighted by molar-refractivity contribution is -0.117.